The molecule has 7 heteroatoms. The van der Waals surface area contributed by atoms with E-state index in [1.165, 1.54) is 30.4 Å². The predicted octanol–water partition coefficient (Wildman–Crippen LogP) is 3.84. The van der Waals surface area contributed by atoms with Gasteiger partial charge in [0.15, 0.2) is 23.0 Å². The summed E-state index contributed by atoms with van der Waals surface area (Å²) >= 11 is 0. The minimum atomic E-state index is -0.813. The average molecular weight is 397 g/mol. The maximum atomic E-state index is 13.0. The van der Waals surface area contributed by atoms with Gasteiger partial charge in [0.05, 0.1) is 31.6 Å². The van der Waals surface area contributed by atoms with E-state index in [0.717, 1.165) is 6.42 Å². The summed E-state index contributed by atoms with van der Waals surface area (Å²) < 4.78 is 16.3. The highest BCUT2D eigenvalue weighted by Gasteiger charge is 2.44. The summed E-state index contributed by atoms with van der Waals surface area (Å²) in [5, 5.41) is 10.5. The molecule has 1 atom stereocenters. The van der Waals surface area contributed by atoms with Crippen molar-refractivity contribution in [3.63, 3.8) is 0 Å². The number of rotatable bonds is 9. The molecule has 1 aliphatic heterocycles. The highest BCUT2D eigenvalue weighted by Crippen LogP contribution is 2.41. The molecule has 29 heavy (non-hydrogen) atoms. The van der Waals surface area contributed by atoms with E-state index >= 15 is 0 Å². The zero-order valence-electron chi connectivity index (χ0n) is 16.4. The lowest BCUT2D eigenvalue weighted by atomic mass is 9.94. The number of ether oxygens (including phenoxy) is 2. The molecule has 2 heterocycles. The van der Waals surface area contributed by atoms with Gasteiger partial charge in [-0.25, -0.2) is 0 Å². The van der Waals surface area contributed by atoms with Gasteiger partial charge in [0.1, 0.15) is 0 Å². The number of aliphatic hydroxyl groups is 1. The first-order chi connectivity index (χ1) is 14.0. The molecular weight excluding hydrogens is 374 g/mol. The molecule has 0 aliphatic carbocycles. The van der Waals surface area contributed by atoms with Crippen LogP contribution in [0.25, 0.3) is 0 Å². The van der Waals surface area contributed by atoms with Crippen molar-refractivity contribution in [1.29, 1.82) is 0 Å². The number of aliphatic hydroxyl groups excluding tert-OH is 1. The number of ketones is 1. The number of carbonyl (C=O) groups excluding carboxylic acids is 2. The second-order valence-electron chi connectivity index (χ2n) is 6.48. The molecule has 2 aromatic rings. The van der Waals surface area contributed by atoms with Crippen LogP contribution < -0.4 is 9.47 Å². The van der Waals surface area contributed by atoms with E-state index in [1.54, 1.807) is 24.3 Å². The number of methoxy groups -OCH3 is 1. The zero-order valence-corrected chi connectivity index (χ0v) is 16.4. The third-order valence-corrected chi connectivity index (χ3v) is 4.58. The molecule has 152 valence electrons. The monoisotopic (exact) mass is 397 g/mol. The lowest BCUT2D eigenvalue weighted by molar-refractivity contribution is -0.128. The standard InChI is InChI=1S/C22H23NO6/c1-4-10-23-19(14-8-9-15(28-11-5-2)17(13-14)27-3)18(21(25)22(23)26)20(24)16-7-6-12-29-16/h4,6-9,12-13,19,25H,1,5,10-11H2,2-3H3. The fraction of sp³-hybridized carbons (Fsp3) is 0.273. The molecule has 0 spiro atoms. The van der Waals surface area contributed by atoms with Gasteiger partial charge >= 0.3 is 0 Å². The van der Waals surface area contributed by atoms with Gasteiger partial charge in [-0.1, -0.05) is 19.1 Å². The van der Waals surface area contributed by atoms with Gasteiger partial charge in [-0.15, -0.1) is 6.58 Å². The summed E-state index contributed by atoms with van der Waals surface area (Å²) in [6.07, 6.45) is 3.74. The van der Waals surface area contributed by atoms with Gasteiger partial charge in [-0.05, 0) is 36.2 Å². The van der Waals surface area contributed by atoms with E-state index in [1.807, 2.05) is 6.92 Å². The number of carbonyl (C=O) groups is 2. The Kier molecular flexibility index (Phi) is 6.07. The van der Waals surface area contributed by atoms with Gasteiger partial charge in [0.2, 0.25) is 5.78 Å². The highest BCUT2D eigenvalue weighted by atomic mass is 16.5. The minimum absolute atomic E-state index is 0.0414. The van der Waals surface area contributed by atoms with E-state index in [2.05, 4.69) is 6.58 Å². The van der Waals surface area contributed by atoms with Crippen LogP contribution in [0.3, 0.4) is 0 Å². The molecule has 1 aromatic heterocycles. The van der Waals surface area contributed by atoms with Crippen LogP contribution in [-0.2, 0) is 4.79 Å². The van der Waals surface area contributed by atoms with Crippen molar-refractivity contribution >= 4 is 11.7 Å². The van der Waals surface area contributed by atoms with Crippen LogP contribution in [0.2, 0.25) is 0 Å². The molecule has 1 N–H and O–H groups in total. The smallest absolute Gasteiger partial charge is 0.290 e. The van der Waals surface area contributed by atoms with Gasteiger partial charge in [-0.3, -0.25) is 9.59 Å². The maximum absolute atomic E-state index is 13.0. The number of hydrogen-bond donors (Lipinski definition) is 1. The van der Waals surface area contributed by atoms with E-state index in [0.29, 0.717) is 23.7 Å². The number of benzene rings is 1. The van der Waals surface area contributed by atoms with E-state index in [-0.39, 0.29) is 17.9 Å². The molecule has 0 fully saturated rings. The first kappa shape index (κ1) is 20.3. The topological polar surface area (TPSA) is 89.2 Å². The normalized spacial score (nSPS) is 16.3. The van der Waals surface area contributed by atoms with Gasteiger partial charge in [-0.2, -0.15) is 0 Å². The Hall–Kier alpha value is -3.48. The molecule has 0 saturated carbocycles. The molecule has 1 unspecified atom stereocenters. The van der Waals surface area contributed by atoms with Crippen LogP contribution in [0.4, 0.5) is 0 Å². The molecule has 1 aliphatic rings. The summed E-state index contributed by atoms with van der Waals surface area (Å²) in [6, 6.07) is 7.42. The molecule has 0 bridgehead atoms. The highest BCUT2D eigenvalue weighted by molar-refractivity contribution is 6.15. The Bertz CT molecular complexity index is 944. The van der Waals surface area contributed by atoms with Crippen molar-refractivity contribution < 1.29 is 28.6 Å². The lowest BCUT2D eigenvalue weighted by Crippen LogP contribution is -2.31. The summed E-state index contributed by atoms with van der Waals surface area (Å²) in [7, 11) is 1.52. The molecule has 1 aromatic carbocycles. The summed E-state index contributed by atoms with van der Waals surface area (Å²) in [4.78, 5) is 27.0. The van der Waals surface area contributed by atoms with E-state index < -0.39 is 23.5 Å². The van der Waals surface area contributed by atoms with Crippen LogP contribution in [0, 0.1) is 0 Å². The maximum Gasteiger partial charge on any atom is 0.290 e. The van der Waals surface area contributed by atoms with Crippen LogP contribution in [-0.4, -0.2) is 42.0 Å². The van der Waals surface area contributed by atoms with Crippen LogP contribution >= 0.6 is 0 Å². The Morgan fingerprint density at radius 2 is 2.14 bits per heavy atom. The van der Waals surface area contributed by atoms with Crippen molar-refractivity contribution in [2.24, 2.45) is 0 Å². The van der Waals surface area contributed by atoms with Crippen molar-refractivity contribution in [2.75, 3.05) is 20.3 Å². The number of nitrogens with zero attached hydrogens (tertiary/aromatic N) is 1. The number of hydrogen-bond acceptors (Lipinski definition) is 6. The average Bonchev–Trinajstić information content (AvgIpc) is 3.35. The Labute approximate surface area is 168 Å². The van der Waals surface area contributed by atoms with Crippen LogP contribution in [0.1, 0.15) is 35.5 Å². The van der Waals surface area contributed by atoms with Gasteiger partial charge in [0, 0.05) is 6.54 Å². The van der Waals surface area contributed by atoms with E-state index in [4.69, 9.17) is 13.9 Å². The molecular formula is C22H23NO6. The van der Waals surface area contributed by atoms with E-state index in [9.17, 15) is 14.7 Å². The fourth-order valence-corrected chi connectivity index (χ4v) is 3.29. The van der Waals surface area contributed by atoms with Crippen molar-refractivity contribution in [3.05, 3.63) is 71.9 Å². The molecule has 3 rings (SSSR count). The molecule has 7 nitrogen and oxygen atoms in total. The largest absolute Gasteiger partial charge is 0.503 e. The van der Waals surface area contributed by atoms with Crippen molar-refractivity contribution in [2.45, 2.75) is 19.4 Å². The molecule has 0 saturated heterocycles. The second-order valence-corrected chi connectivity index (χ2v) is 6.48. The number of furan rings is 1. The van der Waals surface area contributed by atoms with Gasteiger partial charge < -0.3 is 23.9 Å². The van der Waals surface area contributed by atoms with Crippen LogP contribution in [0.15, 0.2) is 65.0 Å². The lowest BCUT2D eigenvalue weighted by Gasteiger charge is -2.26. The summed E-state index contributed by atoms with van der Waals surface area (Å²) in [5.74, 6) is -0.719. The predicted molar refractivity (Wildman–Crippen MR) is 106 cm³/mol. The quantitative estimate of drug-likeness (QED) is 0.511. The Morgan fingerprint density at radius 3 is 2.76 bits per heavy atom. The first-order valence-electron chi connectivity index (χ1n) is 9.27. The Morgan fingerprint density at radius 1 is 1.34 bits per heavy atom. The third kappa shape index (κ3) is 3.76. The molecule has 1 amide bonds. The van der Waals surface area contributed by atoms with Crippen molar-refractivity contribution in [3.8, 4) is 11.5 Å². The second kappa shape index (κ2) is 8.68. The molecule has 0 radical (unpaired) electrons. The number of Topliss-reactive ketones (excluding diaryl/α,β-unsaturated/α-hetero) is 1. The number of amides is 1. The Balaban J connectivity index is 2.08. The summed E-state index contributed by atoms with van der Waals surface area (Å²) in [5.41, 5.74) is 0.552. The van der Waals surface area contributed by atoms with Gasteiger partial charge in [0.25, 0.3) is 5.91 Å². The van der Waals surface area contributed by atoms with Crippen molar-refractivity contribution in [1.82, 2.24) is 4.90 Å². The SMILES string of the molecule is C=CCN1C(=O)C(O)=C(C(=O)c2ccco2)C1c1ccc(OCCC)c(OC)c1. The zero-order chi connectivity index (χ0) is 21.0. The van der Waals surface area contributed by atoms with Crippen LogP contribution in [0.5, 0.6) is 11.5 Å². The summed E-state index contributed by atoms with van der Waals surface area (Å²) in [6.45, 7) is 6.35. The first-order valence-corrected chi connectivity index (χ1v) is 9.27. The minimum Gasteiger partial charge on any atom is -0.503 e. The fourth-order valence-electron chi connectivity index (χ4n) is 3.29. The third-order valence-electron chi connectivity index (χ3n) is 4.58.